The molecule has 0 bridgehead atoms. The van der Waals surface area contributed by atoms with E-state index in [1.807, 2.05) is 6.07 Å². The zero-order chi connectivity index (χ0) is 18.5. The zero-order valence-electron chi connectivity index (χ0n) is 14.1. The molecule has 0 amide bonds. The Balaban J connectivity index is 1.78. The first-order valence-electron chi connectivity index (χ1n) is 8.50. The number of carboxylic acids is 1. The van der Waals surface area contributed by atoms with Gasteiger partial charge < -0.3 is 5.11 Å². The number of hydrogen-bond acceptors (Lipinski definition) is 4. The number of benzene rings is 1. The van der Waals surface area contributed by atoms with Gasteiger partial charge in [0.05, 0.1) is 4.90 Å². The van der Waals surface area contributed by atoms with E-state index in [-0.39, 0.29) is 11.3 Å². The highest BCUT2D eigenvalue weighted by Crippen LogP contribution is 2.40. The summed E-state index contributed by atoms with van der Waals surface area (Å²) in [7, 11) is 0. The Hall–Kier alpha value is -1.60. The lowest BCUT2D eigenvalue weighted by molar-refractivity contribution is -0.137. The van der Waals surface area contributed by atoms with Gasteiger partial charge in [0, 0.05) is 23.4 Å². The van der Waals surface area contributed by atoms with E-state index in [1.165, 1.54) is 18.6 Å². The first-order valence-corrected chi connectivity index (χ1v) is 10.4. The standard InChI is InChI=1S/C19H19F2NO2S2/c20-15-10-12(11-16(21)18(15)25-9-3-7-17(23)24)14-6-2-8-22-19(14)26-13-4-1-5-13/h2,6,8,10-11,13H,1,3-5,7,9H2,(H,23,24). The summed E-state index contributed by atoms with van der Waals surface area (Å²) in [6.45, 7) is 0. The summed E-state index contributed by atoms with van der Waals surface area (Å²) >= 11 is 2.68. The molecule has 1 aromatic carbocycles. The maximum absolute atomic E-state index is 14.4. The SMILES string of the molecule is O=C(O)CCCSc1c(F)cc(-c2cccnc2SC2CCC2)cc1F. The fourth-order valence-corrected chi connectivity index (χ4v) is 4.81. The summed E-state index contributed by atoms with van der Waals surface area (Å²) in [4.78, 5) is 14.8. The van der Waals surface area contributed by atoms with Crippen LogP contribution in [0, 0.1) is 11.6 Å². The van der Waals surface area contributed by atoms with E-state index < -0.39 is 17.6 Å². The van der Waals surface area contributed by atoms with Gasteiger partial charge in [-0.05, 0) is 48.8 Å². The van der Waals surface area contributed by atoms with Crippen LogP contribution in [0.25, 0.3) is 11.1 Å². The predicted octanol–water partition coefficient (Wildman–Crippen LogP) is 5.63. The molecule has 7 heteroatoms. The van der Waals surface area contributed by atoms with E-state index in [0.717, 1.165) is 35.2 Å². The van der Waals surface area contributed by atoms with Crippen LogP contribution in [-0.2, 0) is 4.79 Å². The highest BCUT2D eigenvalue weighted by atomic mass is 32.2. The molecule has 1 aliphatic rings. The molecule has 3 nitrogen and oxygen atoms in total. The van der Waals surface area contributed by atoms with E-state index in [4.69, 9.17) is 5.11 Å². The van der Waals surface area contributed by atoms with Crippen LogP contribution in [0.2, 0.25) is 0 Å². The third kappa shape index (κ3) is 4.76. The molecule has 1 fully saturated rings. The highest BCUT2D eigenvalue weighted by Gasteiger charge is 2.22. The minimum Gasteiger partial charge on any atom is -0.481 e. The lowest BCUT2D eigenvalue weighted by Crippen LogP contribution is -2.13. The van der Waals surface area contributed by atoms with Crippen molar-refractivity contribution in [1.29, 1.82) is 0 Å². The normalized spacial score (nSPS) is 14.2. The highest BCUT2D eigenvalue weighted by molar-refractivity contribution is 8.00. The van der Waals surface area contributed by atoms with E-state index >= 15 is 0 Å². The zero-order valence-corrected chi connectivity index (χ0v) is 15.7. The van der Waals surface area contributed by atoms with Crippen LogP contribution < -0.4 is 0 Å². The number of pyridine rings is 1. The van der Waals surface area contributed by atoms with Crippen LogP contribution in [0.15, 0.2) is 40.4 Å². The van der Waals surface area contributed by atoms with Crippen LogP contribution in [0.5, 0.6) is 0 Å². The number of hydrogen-bond donors (Lipinski definition) is 1. The number of thioether (sulfide) groups is 2. The van der Waals surface area contributed by atoms with E-state index in [0.29, 0.717) is 23.0 Å². The number of carbonyl (C=O) groups is 1. The number of nitrogens with zero attached hydrogens (tertiary/aromatic N) is 1. The summed E-state index contributed by atoms with van der Waals surface area (Å²) < 4.78 is 28.9. The molecule has 3 rings (SSSR count). The van der Waals surface area contributed by atoms with Crippen molar-refractivity contribution >= 4 is 29.5 Å². The molecule has 0 unspecified atom stereocenters. The molecule has 138 valence electrons. The predicted molar refractivity (Wildman–Crippen MR) is 101 cm³/mol. The maximum Gasteiger partial charge on any atom is 0.303 e. The van der Waals surface area contributed by atoms with Crippen molar-refractivity contribution < 1.29 is 18.7 Å². The Kier molecular flexibility index (Phi) is 6.53. The van der Waals surface area contributed by atoms with Gasteiger partial charge in [-0.2, -0.15) is 0 Å². The van der Waals surface area contributed by atoms with Crippen LogP contribution in [0.3, 0.4) is 0 Å². The fourth-order valence-electron chi connectivity index (χ4n) is 2.60. The Bertz CT molecular complexity index is 774. The molecule has 0 atom stereocenters. The van der Waals surface area contributed by atoms with Gasteiger partial charge in [0.1, 0.15) is 16.7 Å². The van der Waals surface area contributed by atoms with Crippen molar-refractivity contribution in [2.45, 2.75) is 47.3 Å². The molecule has 1 heterocycles. The van der Waals surface area contributed by atoms with Crippen LogP contribution >= 0.6 is 23.5 Å². The third-order valence-electron chi connectivity index (χ3n) is 4.19. The lowest BCUT2D eigenvalue weighted by atomic mass is 10.00. The molecule has 0 aliphatic heterocycles. The van der Waals surface area contributed by atoms with E-state index in [2.05, 4.69) is 4.98 Å². The number of aromatic nitrogens is 1. The number of carboxylic acid groups (broad SMARTS) is 1. The second-order valence-electron chi connectivity index (χ2n) is 6.14. The molecule has 1 saturated carbocycles. The lowest BCUT2D eigenvalue weighted by Gasteiger charge is -2.25. The first kappa shape index (κ1) is 19.2. The Labute approximate surface area is 159 Å². The van der Waals surface area contributed by atoms with Gasteiger partial charge in [-0.25, -0.2) is 13.8 Å². The summed E-state index contributed by atoms with van der Waals surface area (Å²) in [5, 5.41) is 9.96. The molecule has 0 saturated heterocycles. The van der Waals surface area contributed by atoms with Crippen molar-refractivity contribution in [2.24, 2.45) is 0 Å². The molecular weight excluding hydrogens is 376 g/mol. The molecular formula is C19H19F2NO2S2. The van der Waals surface area contributed by atoms with E-state index in [9.17, 15) is 13.6 Å². The molecule has 26 heavy (non-hydrogen) atoms. The minimum atomic E-state index is -0.907. The largest absolute Gasteiger partial charge is 0.481 e. The van der Waals surface area contributed by atoms with Gasteiger partial charge in [0.15, 0.2) is 0 Å². The Morgan fingerprint density at radius 2 is 2.00 bits per heavy atom. The van der Waals surface area contributed by atoms with E-state index in [1.54, 1.807) is 24.0 Å². The topological polar surface area (TPSA) is 50.2 Å². The number of rotatable bonds is 8. The molecule has 1 N–H and O–H groups in total. The molecule has 1 aromatic heterocycles. The average molecular weight is 395 g/mol. The van der Waals surface area contributed by atoms with Gasteiger partial charge in [0.25, 0.3) is 0 Å². The number of aliphatic carboxylic acids is 1. The van der Waals surface area contributed by atoms with Crippen molar-refractivity contribution in [3.8, 4) is 11.1 Å². The third-order valence-corrected chi connectivity index (χ3v) is 6.72. The van der Waals surface area contributed by atoms with Gasteiger partial charge in [-0.3, -0.25) is 4.79 Å². The molecule has 1 aliphatic carbocycles. The Morgan fingerprint density at radius 1 is 1.27 bits per heavy atom. The van der Waals surface area contributed by atoms with Crippen molar-refractivity contribution in [2.75, 3.05) is 5.75 Å². The summed E-state index contributed by atoms with van der Waals surface area (Å²) in [5.41, 5.74) is 1.22. The fraction of sp³-hybridized carbons (Fsp3) is 0.368. The summed E-state index contributed by atoms with van der Waals surface area (Å²) in [6, 6.07) is 6.28. The summed E-state index contributed by atoms with van der Waals surface area (Å²) in [5.74, 6) is -1.79. The van der Waals surface area contributed by atoms with Gasteiger partial charge in [0.2, 0.25) is 0 Å². The maximum atomic E-state index is 14.4. The monoisotopic (exact) mass is 395 g/mol. The minimum absolute atomic E-state index is 0.00818. The van der Waals surface area contributed by atoms with Crippen molar-refractivity contribution in [3.05, 3.63) is 42.1 Å². The van der Waals surface area contributed by atoms with Crippen LogP contribution in [0.1, 0.15) is 32.1 Å². The van der Waals surface area contributed by atoms with Gasteiger partial charge in [-0.15, -0.1) is 23.5 Å². The molecule has 2 aromatic rings. The Morgan fingerprint density at radius 3 is 2.62 bits per heavy atom. The van der Waals surface area contributed by atoms with Crippen molar-refractivity contribution in [3.63, 3.8) is 0 Å². The smallest absolute Gasteiger partial charge is 0.303 e. The van der Waals surface area contributed by atoms with Crippen LogP contribution in [0.4, 0.5) is 8.78 Å². The second-order valence-corrected chi connectivity index (χ2v) is 8.54. The molecule has 0 radical (unpaired) electrons. The quantitative estimate of drug-likeness (QED) is 0.464. The number of halogens is 2. The van der Waals surface area contributed by atoms with Crippen LogP contribution in [-0.4, -0.2) is 27.1 Å². The van der Waals surface area contributed by atoms with Crippen molar-refractivity contribution in [1.82, 2.24) is 4.98 Å². The first-order chi connectivity index (χ1) is 12.5. The van der Waals surface area contributed by atoms with Gasteiger partial charge in [-0.1, -0.05) is 12.5 Å². The second kappa shape index (κ2) is 8.86. The molecule has 0 spiro atoms. The average Bonchev–Trinajstić information content (AvgIpc) is 2.56. The summed E-state index contributed by atoms with van der Waals surface area (Å²) in [6.07, 6.45) is 5.57. The van der Waals surface area contributed by atoms with Gasteiger partial charge >= 0.3 is 5.97 Å².